The van der Waals surface area contributed by atoms with Crippen molar-refractivity contribution in [2.45, 2.75) is 46.0 Å². The molecule has 0 aromatic carbocycles. The van der Waals surface area contributed by atoms with Crippen LogP contribution < -0.4 is 0 Å². The third-order valence-corrected chi connectivity index (χ3v) is 4.29. The molecule has 1 aliphatic carbocycles. The fraction of sp³-hybridized carbons (Fsp3) is 0.714. The van der Waals surface area contributed by atoms with E-state index in [1.54, 1.807) is 12.5 Å². The van der Waals surface area contributed by atoms with Crippen molar-refractivity contribution in [3.8, 4) is 0 Å². The fourth-order valence-electron chi connectivity index (χ4n) is 3.06. The van der Waals surface area contributed by atoms with Crippen LogP contribution in [0.1, 0.15) is 56.4 Å². The molecule has 1 N–H and O–H groups in total. The summed E-state index contributed by atoms with van der Waals surface area (Å²) in [6, 6.07) is 0. The van der Waals surface area contributed by atoms with Gasteiger partial charge in [-0.1, -0.05) is 33.1 Å². The number of H-pyrrole nitrogens is 1. The van der Waals surface area contributed by atoms with Gasteiger partial charge in [-0.05, 0) is 24.7 Å². The first-order chi connectivity index (χ1) is 8.24. The zero-order valence-corrected chi connectivity index (χ0v) is 10.8. The van der Waals surface area contributed by atoms with Gasteiger partial charge in [-0.15, -0.1) is 0 Å². The van der Waals surface area contributed by atoms with Crippen LogP contribution in [0.5, 0.6) is 0 Å². The lowest BCUT2D eigenvalue weighted by Gasteiger charge is -2.34. The smallest absolute Gasteiger partial charge is 0.183 e. The molecule has 1 aromatic heterocycles. The summed E-state index contributed by atoms with van der Waals surface area (Å²) in [6.45, 7) is 4.50. The quantitative estimate of drug-likeness (QED) is 0.811. The van der Waals surface area contributed by atoms with Crippen molar-refractivity contribution in [3.05, 3.63) is 18.2 Å². The summed E-state index contributed by atoms with van der Waals surface area (Å²) in [5.41, 5.74) is 0.685. The van der Waals surface area contributed by atoms with Crippen LogP contribution in [0.3, 0.4) is 0 Å². The van der Waals surface area contributed by atoms with Gasteiger partial charge in [-0.2, -0.15) is 0 Å². The number of aromatic amines is 1. The lowest BCUT2D eigenvalue weighted by Crippen LogP contribution is -2.31. The first-order valence-corrected chi connectivity index (χ1v) is 6.76. The molecule has 1 heterocycles. The number of Topliss-reactive ketones (excluding diaryl/α,β-unsaturated/α-hetero) is 1. The number of hydrogen-bond donors (Lipinski definition) is 1. The molecule has 94 valence electrons. The molecule has 3 heteroatoms. The van der Waals surface area contributed by atoms with Crippen LogP contribution in [0.2, 0.25) is 0 Å². The standard InChI is InChI=1S/C14H22N2O/c1-3-10(2)11-6-4-5-7-12(11)14(17)13-8-15-9-16-13/h8-12H,3-7H2,1-2H3,(H,15,16). The molecule has 0 spiro atoms. The Bertz CT molecular complexity index is 358. The van der Waals surface area contributed by atoms with Gasteiger partial charge in [0.1, 0.15) is 5.69 Å². The van der Waals surface area contributed by atoms with Crippen LogP contribution in [-0.2, 0) is 0 Å². The molecule has 3 atom stereocenters. The maximum Gasteiger partial charge on any atom is 0.183 e. The molecule has 1 aromatic rings. The first kappa shape index (κ1) is 12.3. The van der Waals surface area contributed by atoms with Crippen LogP contribution in [0.15, 0.2) is 12.5 Å². The van der Waals surface area contributed by atoms with Gasteiger partial charge >= 0.3 is 0 Å². The molecular formula is C14H22N2O. The topological polar surface area (TPSA) is 45.8 Å². The highest BCUT2D eigenvalue weighted by Crippen LogP contribution is 2.37. The Balaban J connectivity index is 2.13. The Kier molecular flexibility index (Phi) is 3.97. The molecule has 0 saturated heterocycles. The maximum atomic E-state index is 12.4. The Morgan fingerprint density at radius 1 is 1.53 bits per heavy atom. The Labute approximate surface area is 103 Å². The van der Waals surface area contributed by atoms with Gasteiger partial charge in [-0.3, -0.25) is 4.79 Å². The largest absolute Gasteiger partial charge is 0.342 e. The number of carbonyl (C=O) groups is 1. The van der Waals surface area contributed by atoms with E-state index in [0.717, 1.165) is 12.8 Å². The highest BCUT2D eigenvalue weighted by Gasteiger charge is 2.34. The van der Waals surface area contributed by atoms with E-state index >= 15 is 0 Å². The molecule has 17 heavy (non-hydrogen) atoms. The normalized spacial score (nSPS) is 26.7. The molecule has 2 rings (SSSR count). The van der Waals surface area contributed by atoms with E-state index in [1.807, 2.05) is 0 Å². The van der Waals surface area contributed by atoms with E-state index in [2.05, 4.69) is 23.8 Å². The summed E-state index contributed by atoms with van der Waals surface area (Å²) in [4.78, 5) is 19.3. The maximum absolute atomic E-state index is 12.4. The molecule has 0 amide bonds. The van der Waals surface area contributed by atoms with Gasteiger partial charge in [0, 0.05) is 5.92 Å². The lowest BCUT2D eigenvalue weighted by atomic mass is 9.70. The minimum atomic E-state index is 0.208. The van der Waals surface area contributed by atoms with Gasteiger partial charge in [-0.25, -0.2) is 4.98 Å². The summed E-state index contributed by atoms with van der Waals surface area (Å²) in [6.07, 6.45) is 9.14. The van der Waals surface area contributed by atoms with Gasteiger partial charge in [0.25, 0.3) is 0 Å². The number of hydrogen-bond acceptors (Lipinski definition) is 2. The number of nitrogens with one attached hydrogen (secondary N) is 1. The van der Waals surface area contributed by atoms with E-state index in [-0.39, 0.29) is 11.7 Å². The zero-order valence-electron chi connectivity index (χ0n) is 10.8. The predicted molar refractivity (Wildman–Crippen MR) is 67.8 cm³/mol. The number of imidazole rings is 1. The number of ketones is 1. The predicted octanol–water partition coefficient (Wildman–Crippen LogP) is 3.44. The summed E-state index contributed by atoms with van der Waals surface area (Å²) < 4.78 is 0. The monoisotopic (exact) mass is 234 g/mol. The van der Waals surface area contributed by atoms with Crippen molar-refractivity contribution in [1.82, 2.24) is 9.97 Å². The molecule has 1 saturated carbocycles. The molecule has 0 aliphatic heterocycles. The molecule has 0 radical (unpaired) electrons. The third kappa shape index (κ3) is 2.59. The van der Waals surface area contributed by atoms with Crippen molar-refractivity contribution in [2.75, 3.05) is 0 Å². The molecule has 3 unspecified atom stereocenters. The Morgan fingerprint density at radius 2 is 2.29 bits per heavy atom. The van der Waals surface area contributed by atoms with Crippen molar-refractivity contribution in [2.24, 2.45) is 17.8 Å². The van der Waals surface area contributed by atoms with E-state index in [0.29, 0.717) is 17.5 Å². The van der Waals surface area contributed by atoms with Crippen molar-refractivity contribution in [1.29, 1.82) is 0 Å². The summed E-state index contributed by atoms with van der Waals surface area (Å²) in [7, 11) is 0. The second-order valence-electron chi connectivity index (χ2n) is 5.27. The van der Waals surface area contributed by atoms with Crippen LogP contribution in [0, 0.1) is 17.8 Å². The zero-order chi connectivity index (χ0) is 12.3. The summed E-state index contributed by atoms with van der Waals surface area (Å²) in [5, 5.41) is 0. The average Bonchev–Trinajstić information content (AvgIpc) is 2.91. The van der Waals surface area contributed by atoms with Gasteiger partial charge in [0.15, 0.2) is 5.78 Å². The highest BCUT2D eigenvalue weighted by molar-refractivity contribution is 5.96. The van der Waals surface area contributed by atoms with Crippen molar-refractivity contribution >= 4 is 5.78 Å². The highest BCUT2D eigenvalue weighted by atomic mass is 16.1. The fourth-order valence-corrected chi connectivity index (χ4v) is 3.06. The van der Waals surface area contributed by atoms with Crippen molar-refractivity contribution < 1.29 is 4.79 Å². The van der Waals surface area contributed by atoms with Crippen LogP contribution in [-0.4, -0.2) is 15.8 Å². The summed E-state index contributed by atoms with van der Waals surface area (Å²) >= 11 is 0. The van der Waals surface area contributed by atoms with Crippen LogP contribution in [0.4, 0.5) is 0 Å². The number of rotatable bonds is 4. The van der Waals surface area contributed by atoms with E-state index in [4.69, 9.17) is 0 Å². The molecule has 1 fully saturated rings. The number of nitrogens with zero attached hydrogens (tertiary/aromatic N) is 1. The molecule has 0 bridgehead atoms. The summed E-state index contributed by atoms with van der Waals surface area (Å²) in [5.74, 6) is 1.68. The minimum Gasteiger partial charge on any atom is -0.342 e. The van der Waals surface area contributed by atoms with Gasteiger partial charge < -0.3 is 4.98 Å². The van der Waals surface area contributed by atoms with Gasteiger partial charge in [0.05, 0.1) is 12.5 Å². The molecular weight excluding hydrogens is 212 g/mol. The first-order valence-electron chi connectivity index (χ1n) is 6.76. The van der Waals surface area contributed by atoms with Crippen LogP contribution >= 0.6 is 0 Å². The number of carbonyl (C=O) groups excluding carboxylic acids is 1. The average molecular weight is 234 g/mol. The third-order valence-electron chi connectivity index (χ3n) is 4.29. The Morgan fingerprint density at radius 3 is 2.94 bits per heavy atom. The van der Waals surface area contributed by atoms with Gasteiger partial charge in [0.2, 0.25) is 0 Å². The molecule has 1 aliphatic rings. The number of aromatic nitrogens is 2. The Hall–Kier alpha value is -1.12. The SMILES string of the molecule is CCC(C)C1CCCCC1C(=O)c1cnc[nH]1. The second-order valence-corrected chi connectivity index (χ2v) is 5.27. The van der Waals surface area contributed by atoms with Crippen LogP contribution in [0.25, 0.3) is 0 Å². The second kappa shape index (κ2) is 5.48. The molecule has 3 nitrogen and oxygen atoms in total. The minimum absolute atomic E-state index is 0.208. The lowest BCUT2D eigenvalue weighted by molar-refractivity contribution is 0.0758. The van der Waals surface area contributed by atoms with E-state index < -0.39 is 0 Å². The van der Waals surface area contributed by atoms with E-state index in [1.165, 1.54) is 19.3 Å². The van der Waals surface area contributed by atoms with E-state index in [9.17, 15) is 4.79 Å². The van der Waals surface area contributed by atoms with Crippen molar-refractivity contribution in [3.63, 3.8) is 0 Å².